The van der Waals surface area contributed by atoms with E-state index in [1.165, 1.54) is 6.33 Å². The van der Waals surface area contributed by atoms with Crippen LogP contribution in [0, 0.1) is 5.92 Å². The van der Waals surface area contributed by atoms with E-state index in [0.29, 0.717) is 12.3 Å². The summed E-state index contributed by atoms with van der Waals surface area (Å²) in [7, 11) is 1.87. The highest BCUT2D eigenvalue weighted by atomic mass is 16.3. The smallest absolute Gasteiger partial charge is 0.138 e. The van der Waals surface area contributed by atoms with Crippen molar-refractivity contribution in [2.45, 2.75) is 38.2 Å². The van der Waals surface area contributed by atoms with E-state index < -0.39 is 5.60 Å². The van der Waals surface area contributed by atoms with E-state index in [-0.39, 0.29) is 0 Å². The molecule has 4 nitrogen and oxygen atoms in total. The van der Waals surface area contributed by atoms with Gasteiger partial charge in [0.15, 0.2) is 0 Å². The molecule has 1 aromatic rings. The first-order chi connectivity index (χ1) is 6.62. The SMILES string of the molecule is CC1CCCC1(O)Cc1ncnn1C. The Balaban J connectivity index is 2.14. The van der Waals surface area contributed by atoms with Gasteiger partial charge in [0.05, 0.1) is 5.60 Å². The number of hydrogen-bond donors (Lipinski definition) is 1. The van der Waals surface area contributed by atoms with Crippen LogP contribution >= 0.6 is 0 Å². The second kappa shape index (κ2) is 3.35. The summed E-state index contributed by atoms with van der Waals surface area (Å²) in [6.45, 7) is 2.11. The largest absolute Gasteiger partial charge is 0.389 e. The zero-order valence-electron chi connectivity index (χ0n) is 8.77. The Labute approximate surface area is 84.0 Å². The molecular weight excluding hydrogens is 178 g/mol. The van der Waals surface area contributed by atoms with E-state index in [1.807, 2.05) is 7.05 Å². The highest BCUT2D eigenvalue weighted by Gasteiger charge is 2.39. The van der Waals surface area contributed by atoms with Crippen LogP contribution in [0.15, 0.2) is 6.33 Å². The molecule has 78 valence electrons. The number of rotatable bonds is 2. The molecule has 1 aromatic heterocycles. The Morgan fingerprint density at radius 1 is 1.71 bits per heavy atom. The average Bonchev–Trinajstić information content (AvgIpc) is 2.64. The highest BCUT2D eigenvalue weighted by Crippen LogP contribution is 2.37. The number of aliphatic hydroxyl groups is 1. The molecule has 1 heterocycles. The maximum atomic E-state index is 10.4. The minimum Gasteiger partial charge on any atom is -0.389 e. The lowest BCUT2D eigenvalue weighted by atomic mass is 9.89. The van der Waals surface area contributed by atoms with Gasteiger partial charge in [-0.25, -0.2) is 4.98 Å². The third kappa shape index (κ3) is 1.54. The van der Waals surface area contributed by atoms with E-state index >= 15 is 0 Å². The van der Waals surface area contributed by atoms with Crippen LogP contribution in [0.3, 0.4) is 0 Å². The van der Waals surface area contributed by atoms with Crippen molar-refractivity contribution < 1.29 is 5.11 Å². The Morgan fingerprint density at radius 3 is 3.00 bits per heavy atom. The topological polar surface area (TPSA) is 50.9 Å². The maximum absolute atomic E-state index is 10.4. The molecule has 1 fully saturated rings. The van der Waals surface area contributed by atoms with Crippen LogP contribution in [-0.4, -0.2) is 25.5 Å². The molecule has 0 aliphatic heterocycles. The van der Waals surface area contributed by atoms with E-state index in [9.17, 15) is 5.11 Å². The number of aryl methyl sites for hydroxylation is 1. The summed E-state index contributed by atoms with van der Waals surface area (Å²) in [5.41, 5.74) is -0.555. The Kier molecular flexibility index (Phi) is 2.31. The summed E-state index contributed by atoms with van der Waals surface area (Å²) in [6.07, 6.45) is 5.30. The Morgan fingerprint density at radius 2 is 2.50 bits per heavy atom. The minimum atomic E-state index is -0.555. The molecule has 0 aromatic carbocycles. The summed E-state index contributed by atoms with van der Waals surface area (Å²) in [6, 6.07) is 0. The van der Waals surface area contributed by atoms with Crippen LogP contribution < -0.4 is 0 Å². The molecule has 0 amide bonds. The molecule has 0 saturated heterocycles. The molecule has 2 atom stereocenters. The van der Waals surface area contributed by atoms with Crippen molar-refractivity contribution in [3.05, 3.63) is 12.2 Å². The van der Waals surface area contributed by atoms with Crippen LogP contribution in [0.1, 0.15) is 32.0 Å². The number of hydrogen-bond acceptors (Lipinski definition) is 3. The van der Waals surface area contributed by atoms with E-state index in [0.717, 1.165) is 25.1 Å². The molecule has 0 bridgehead atoms. The highest BCUT2D eigenvalue weighted by molar-refractivity contribution is 4.99. The van der Waals surface area contributed by atoms with Crippen molar-refractivity contribution in [2.24, 2.45) is 13.0 Å². The van der Waals surface area contributed by atoms with E-state index in [1.54, 1.807) is 4.68 Å². The molecule has 1 aliphatic rings. The second-order valence-electron chi connectivity index (χ2n) is 4.37. The molecule has 2 rings (SSSR count). The van der Waals surface area contributed by atoms with Gasteiger partial charge < -0.3 is 5.11 Å². The zero-order valence-corrected chi connectivity index (χ0v) is 8.77. The fourth-order valence-electron chi connectivity index (χ4n) is 2.25. The van der Waals surface area contributed by atoms with Gasteiger partial charge in [-0.05, 0) is 18.8 Å². The lowest BCUT2D eigenvalue weighted by Crippen LogP contribution is -2.35. The second-order valence-corrected chi connectivity index (χ2v) is 4.37. The van der Waals surface area contributed by atoms with Crippen molar-refractivity contribution >= 4 is 0 Å². The predicted molar refractivity (Wildman–Crippen MR) is 52.7 cm³/mol. The first-order valence-corrected chi connectivity index (χ1v) is 5.17. The molecule has 2 unspecified atom stereocenters. The summed E-state index contributed by atoms with van der Waals surface area (Å²) in [5.74, 6) is 1.25. The van der Waals surface area contributed by atoms with Crippen molar-refractivity contribution in [2.75, 3.05) is 0 Å². The van der Waals surface area contributed by atoms with Crippen molar-refractivity contribution in [3.63, 3.8) is 0 Å². The molecule has 0 spiro atoms. The van der Waals surface area contributed by atoms with Crippen LogP contribution in [0.2, 0.25) is 0 Å². The summed E-state index contributed by atoms with van der Waals surface area (Å²) in [4.78, 5) is 4.15. The molecular formula is C10H17N3O. The maximum Gasteiger partial charge on any atom is 0.138 e. The van der Waals surface area contributed by atoms with Gasteiger partial charge in [0.2, 0.25) is 0 Å². The van der Waals surface area contributed by atoms with Gasteiger partial charge in [-0.3, -0.25) is 4.68 Å². The molecule has 0 radical (unpaired) electrons. The average molecular weight is 195 g/mol. The molecule has 1 aliphatic carbocycles. The van der Waals surface area contributed by atoms with Crippen LogP contribution in [0.4, 0.5) is 0 Å². The lowest BCUT2D eigenvalue weighted by Gasteiger charge is -2.26. The molecule has 4 heteroatoms. The van der Waals surface area contributed by atoms with Gasteiger partial charge in [-0.2, -0.15) is 5.10 Å². The minimum absolute atomic E-state index is 0.374. The molecule has 1 saturated carbocycles. The van der Waals surface area contributed by atoms with Gasteiger partial charge in [0, 0.05) is 13.5 Å². The van der Waals surface area contributed by atoms with Crippen LogP contribution in [0.5, 0.6) is 0 Å². The van der Waals surface area contributed by atoms with Gasteiger partial charge in [0.25, 0.3) is 0 Å². The zero-order chi connectivity index (χ0) is 10.2. The van der Waals surface area contributed by atoms with Gasteiger partial charge in [0.1, 0.15) is 12.2 Å². The van der Waals surface area contributed by atoms with Gasteiger partial charge in [-0.1, -0.05) is 13.3 Å². The van der Waals surface area contributed by atoms with Gasteiger partial charge >= 0.3 is 0 Å². The van der Waals surface area contributed by atoms with Crippen molar-refractivity contribution in [1.29, 1.82) is 0 Å². The lowest BCUT2D eigenvalue weighted by molar-refractivity contribution is 0.00705. The normalized spacial score (nSPS) is 32.4. The first kappa shape index (κ1) is 9.65. The fraction of sp³-hybridized carbons (Fsp3) is 0.800. The predicted octanol–water partition coefficient (Wildman–Crippen LogP) is 0.909. The summed E-state index contributed by atoms with van der Waals surface area (Å²) < 4.78 is 1.74. The molecule has 1 N–H and O–H groups in total. The third-order valence-electron chi connectivity index (χ3n) is 3.43. The van der Waals surface area contributed by atoms with Crippen molar-refractivity contribution in [1.82, 2.24) is 14.8 Å². The van der Waals surface area contributed by atoms with Crippen LogP contribution in [0.25, 0.3) is 0 Å². The number of nitrogens with zero attached hydrogens (tertiary/aromatic N) is 3. The van der Waals surface area contributed by atoms with E-state index in [2.05, 4.69) is 17.0 Å². The third-order valence-corrected chi connectivity index (χ3v) is 3.43. The summed E-state index contributed by atoms with van der Waals surface area (Å²) in [5, 5.41) is 14.4. The Hall–Kier alpha value is -0.900. The number of aromatic nitrogens is 3. The summed E-state index contributed by atoms with van der Waals surface area (Å²) >= 11 is 0. The Bertz CT molecular complexity index is 323. The van der Waals surface area contributed by atoms with Gasteiger partial charge in [-0.15, -0.1) is 0 Å². The first-order valence-electron chi connectivity index (χ1n) is 5.17. The quantitative estimate of drug-likeness (QED) is 0.763. The standard InChI is InChI=1S/C10H17N3O/c1-8-4-3-5-10(8,14)6-9-11-7-12-13(9)2/h7-8,14H,3-6H2,1-2H3. The van der Waals surface area contributed by atoms with E-state index in [4.69, 9.17) is 0 Å². The molecule has 14 heavy (non-hydrogen) atoms. The fourth-order valence-corrected chi connectivity index (χ4v) is 2.25. The van der Waals surface area contributed by atoms with Crippen LogP contribution in [-0.2, 0) is 13.5 Å². The monoisotopic (exact) mass is 195 g/mol. The van der Waals surface area contributed by atoms with Crippen molar-refractivity contribution in [3.8, 4) is 0 Å².